The summed E-state index contributed by atoms with van der Waals surface area (Å²) in [5.74, 6) is -9.61. The van der Waals surface area contributed by atoms with Crippen LogP contribution < -0.4 is 5.73 Å². The van der Waals surface area contributed by atoms with E-state index in [0.29, 0.717) is 19.3 Å². The molecule has 5 saturated carbocycles. The number of hydrogen-bond acceptors (Lipinski definition) is 15. The second-order valence-corrected chi connectivity index (χ2v) is 18.1. The lowest BCUT2D eigenvalue weighted by molar-refractivity contribution is -0.284. The number of carbonyl (C=O) groups is 4. The van der Waals surface area contributed by atoms with E-state index in [0.717, 1.165) is 0 Å². The van der Waals surface area contributed by atoms with E-state index in [-0.39, 0.29) is 19.1 Å². The number of hydrogen-bond donors (Lipinski definition) is 4. The normalized spacial score (nSPS) is 55.4. The minimum Gasteiger partial charge on any atom is -0.462 e. The fourth-order valence-corrected chi connectivity index (χ4v) is 13.7. The van der Waals surface area contributed by atoms with Gasteiger partial charge in [-0.05, 0) is 56.4 Å². The van der Waals surface area contributed by atoms with E-state index in [1.54, 1.807) is 6.92 Å². The Balaban J connectivity index is 1.35. The summed E-state index contributed by atoms with van der Waals surface area (Å²) in [4.78, 5) is 56.8. The van der Waals surface area contributed by atoms with Crippen molar-refractivity contribution in [3.8, 4) is 0 Å². The van der Waals surface area contributed by atoms with E-state index in [4.69, 9.17) is 39.7 Å². The van der Waals surface area contributed by atoms with Gasteiger partial charge in [-0.25, -0.2) is 4.79 Å². The Hall–Kier alpha value is -3.05. The van der Waals surface area contributed by atoms with E-state index in [1.165, 1.54) is 20.8 Å². The molecule has 3 aliphatic heterocycles. The average molecular weight is 761 g/mol. The van der Waals surface area contributed by atoms with Gasteiger partial charge in [-0.3, -0.25) is 14.4 Å². The summed E-state index contributed by atoms with van der Waals surface area (Å²) in [6, 6.07) is -0.890. The molecule has 0 aromatic rings. The first-order chi connectivity index (χ1) is 25.3. The van der Waals surface area contributed by atoms with Gasteiger partial charge in [-0.2, -0.15) is 0 Å². The molecule has 2 unspecified atom stereocenters. The molecule has 5 aliphatic carbocycles. The van der Waals surface area contributed by atoms with Crippen LogP contribution in [0.15, 0.2) is 5.11 Å². The molecule has 0 aromatic heterocycles. The highest BCUT2D eigenvalue weighted by molar-refractivity contribution is 5.84. The molecule has 3 heterocycles. The van der Waals surface area contributed by atoms with Gasteiger partial charge in [0, 0.05) is 72.3 Å². The number of rotatable bonds is 8. The number of nitrogens with two attached hydrogens (primary N) is 1. The molecule has 0 radical (unpaired) electrons. The number of esters is 4. The number of unbranched alkanes of at least 4 members (excludes halogenated alkanes) is 1. The minimum atomic E-state index is -2.14. The smallest absolute Gasteiger partial charge is 0.341 e. The van der Waals surface area contributed by atoms with Gasteiger partial charge in [-0.15, -0.1) is 0 Å². The Morgan fingerprint density at radius 2 is 1.65 bits per heavy atom. The van der Waals surface area contributed by atoms with Crippen molar-refractivity contribution >= 4 is 23.9 Å². The maximum Gasteiger partial charge on any atom is 0.341 e. The second-order valence-electron chi connectivity index (χ2n) is 18.1. The number of epoxide rings is 2. The SMILES string of the molecule is CC(=O)O[C@H]1C2C([C@@H](O)[C@@H](N)[C@H]3C[C@@H]4O[C@@H]4[C@H](O)[C@]23C)[C@@H]2[C@@H](OC(=O)CCCCN=[N+]=[N-])[C@@H]3[C@H]([C@H](C)[C@H]4O[C@]45OC(=O)[C@@](C)(O)[C@]35C)[C@@]2(C)[C@H]1OC(C)=O. The average Bonchev–Trinajstić information content (AvgIpc) is 4.00. The lowest BCUT2D eigenvalue weighted by Crippen LogP contribution is -2.76. The van der Waals surface area contributed by atoms with Crippen molar-refractivity contribution in [2.75, 3.05) is 6.54 Å². The van der Waals surface area contributed by atoms with Gasteiger partial charge in [0.1, 0.15) is 30.5 Å². The third-order valence-corrected chi connectivity index (χ3v) is 16.0. The molecule has 17 heteroatoms. The third kappa shape index (κ3) is 4.51. The summed E-state index contributed by atoms with van der Waals surface area (Å²) in [5.41, 5.74) is 9.60. The van der Waals surface area contributed by atoms with Crippen LogP contribution in [-0.2, 0) is 47.6 Å². The monoisotopic (exact) mass is 760 g/mol. The van der Waals surface area contributed by atoms with E-state index in [1.807, 2.05) is 20.8 Å². The Morgan fingerprint density at radius 3 is 2.30 bits per heavy atom. The van der Waals surface area contributed by atoms with E-state index < -0.39 is 142 Å². The first-order valence-electron chi connectivity index (χ1n) is 19.2. The van der Waals surface area contributed by atoms with Crippen LogP contribution in [0, 0.1) is 57.7 Å². The highest BCUT2D eigenvalue weighted by atomic mass is 16.8. The van der Waals surface area contributed by atoms with Gasteiger partial charge in [0.25, 0.3) is 0 Å². The van der Waals surface area contributed by atoms with Crippen LogP contribution in [0.5, 0.6) is 0 Å². The van der Waals surface area contributed by atoms with E-state index >= 15 is 0 Å². The molecule has 17 nitrogen and oxygen atoms in total. The first kappa shape index (κ1) is 37.9. The first-order valence-corrected chi connectivity index (χ1v) is 19.2. The van der Waals surface area contributed by atoms with Crippen LogP contribution in [0.4, 0.5) is 0 Å². The summed E-state index contributed by atoms with van der Waals surface area (Å²) in [6.07, 6.45) is -6.30. The van der Waals surface area contributed by atoms with Crippen molar-refractivity contribution in [1.82, 2.24) is 0 Å². The third-order valence-electron chi connectivity index (χ3n) is 16.0. The molecule has 3 saturated heterocycles. The summed E-state index contributed by atoms with van der Waals surface area (Å²) in [6.45, 7) is 11.4. The van der Waals surface area contributed by atoms with Crippen molar-refractivity contribution in [1.29, 1.82) is 0 Å². The van der Waals surface area contributed by atoms with Gasteiger partial charge >= 0.3 is 23.9 Å². The van der Waals surface area contributed by atoms with E-state index in [2.05, 4.69) is 10.0 Å². The Morgan fingerprint density at radius 1 is 0.981 bits per heavy atom. The molecule has 0 aromatic carbocycles. The Bertz CT molecular complexity index is 1710. The Labute approximate surface area is 312 Å². The summed E-state index contributed by atoms with van der Waals surface area (Å²) >= 11 is 0. The van der Waals surface area contributed by atoms with Gasteiger partial charge in [-0.1, -0.05) is 25.9 Å². The second kappa shape index (κ2) is 12.0. The standard InChI is InChI=1S/C37H52N4O13/c1-13-20-23(35(6)36(7,48)32(47)54-37(35)30(13)53-37)27(52-18(44)10-8-9-11-40-41-39)21-19-22(28(49-14(2)42)31(34(20,21)5)50-15(3)43)33(4)16(24(38)25(19)45)12-17-26(51-17)29(33)46/h13,16-17,19-31,45-46,48H,8-12,38H2,1-7H3/t13-,16+,17-,19?,20-,21+,22?,23-,24-,25+,26-,27+,28-,29-,30+,31-,33-,34+,35-,36+,37-/m0/s1. The molecule has 8 rings (SSSR count). The lowest BCUT2D eigenvalue weighted by Gasteiger charge is -2.67. The van der Waals surface area contributed by atoms with E-state index in [9.17, 15) is 34.5 Å². The van der Waals surface area contributed by atoms with Crippen LogP contribution in [0.2, 0.25) is 0 Å². The molecule has 8 fully saturated rings. The highest BCUT2D eigenvalue weighted by Gasteiger charge is 2.93. The summed E-state index contributed by atoms with van der Waals surface area (Å²) in [5, 5.41) is 40.5. The number of aliphatic hydroxyl groups excluding tert-OH is 2. The fraction of sp³-hybridized carbons (Fsp3) is 0.892. The molecule has 0 amide bonds. The van der Waals surface area contributed by atoms with Gasteiger partial charge in [0.2, 0.25) is 5.79 Å². The van der Waals surface area contributed by atoms with Gasteiger partial charge in [0.05, 0.1) is 23.7 Å². The highest BCUT2D eigenvalue weighted by Crippen LogP contribution is 2.81. The zero-order valence-corrected chi connectivity index (χ0v) is 31.6. The maximum atomic E-state index is 14.0. The molecular formula is C37H52N4O13. The van der Waals surface area contributed by atoms with Crippen molar-refractivity contribution in [3.05, 3.63) is 10.4 Å². The number of carbonyl (C=O) groups excluding carboxylic acids is 4. The van der Waals surface area contributed by atoms with Crippen molar-refractivity contribution in [2.24, 2.45) is 68.5 Å². The van der Waals surface area contributed by atoms with Gasteiger partial charge in [0.15, 0.2) is 5.60 Å². The van der Waals surface area contributed by atoms with Crippen LogP contribution in [0.25, 0.3) is 10.4 Å². The predicted octanol–water partition coefficient (Wildman–Crippen LogP) is 1.27. The molecule has 54 heavy (non-hydrogen) atoms. The molecule has 8 aliphatic rings. The largest absolute Gasteiger partial charge is 0.462 e. The van der Waals surface area contributed by atoms with Crippen LogP contribution in [-0.4, -0.2) is 112 Å². The van der Waals surface area contributed by atoms with Crippen LogP contribution >= 0.6 is 0 Å². The zero-order valence-electron chi connectivity index (χ0n) is 31.6. The van der Waals surface area contributed by atoms with Crippen molar-refractivity contribution < 1.29 is 62.9 Å². The lowest BCUT2D eigenvalue weighted by atomic mass is 9.40. The molecular weight excluding hydrogens is 708 g/mol. The van der Waals surface area contributed by atoms with Crippen LogP contribution in [0.1, 0.15) is 74.1 Å². The quantitative estimate of drug-likeness (QED) is 0.0517. The van der Waals surface area contributed by atoms with Crippen molar-refractivity contribution in [2.45, 2.75) is 140 Å². The topological polar surface area (TPSA) is 266 Å². The molecule has 0 bridgehead atoms. The summed E-state index contributed by atoms with van der Waals surface area (Å²) < 4.78 is 37.3. The zero-order chi connectivity index (χ0) is 39.2. The van der Waals surface area contributed by atoms with Crippen LogP contribution in [0.3, 0.4) is 0 Å². The molecule has 21 atom stereocenters. The molecule has 5 N–H and O–H groups in total. The maximum absolute atomic E-state index is 14.0. The fourth-order valence-electron chi connectivity index (χ4n) is 13.7. The predicted molar refractivity (Wildman–Crippen MR) is 181 cm³/mol. The molecule has 1 spiro atoms. The summed E-state index contributed by atoms with van der Waals surface area (Å²) in [7, 11) is 0. The number of ether oxygens (including phenoxy) is 6. The Kier molecular flexibility index (Phi) is 8.40. The van der Waals surface area contributed by atoms with Crippen molar-refractivity contribution in [3.63, 3.8) is 0 Å². The number of fused-ring (bicyclic) bond motifs is 9. The van der Waals surface area contributed by atoms with Gasteiger partial charge < -0.3 is 49.5 Å². The number of aliphatic hydroxyl groups is 3. The number of azide groups is 1. The molecule has 298 valence electrons. The number of nitrogens with zero attached hydrogens (tertiary/aromatic N) is 3. The minimum absolute atomic E-state index is 0.0564.